The molecule has 0 aliphatic heterocycles. The van der Waals surface area contributed by atoms with Gasteiger partial charge in [0.05, 0.1) is 27.6 Å². The number of thiazole rings is 2. The van der Waals surface area contributed by atoms with Crippen LogP contribution in [0.5, 0.6) is 0 Å². The van der Waals surface area contributed by atoms with Crippen molar-refractivity contribution in [1.29, 1.82) is 0 Å². The van der Waals surface area contributed by atoms with Crippen molar-refractivity contribution in [2.45, 2.75) is 52.8 Å². The normalized spacial score (nSPS) is 11.8. The van der Waals surface area contributed by atoms with E-state index in [9.17, 15) is 14.4 Å². The molecular formula is C21H32N6O4S2. The van der Waals surface area contributed by atoms with Crippen molar-refractivity contribution in [3.05, 3.63) is 32.7 Å². The maximum Gasteiger partial charge on any atom is 0.407 e. The van der Waals surface area contributed by atoms with E-state index >= 15 is 0 Å². The lowest BCUT2D eigenvalue weighted by molar-refractivity contribution is -0.123. The van der Waals surface area contributed by atoms with E-state index in [0.29, 0.717) is 12.5 Å². The van der Waals surface area contributed by atoms with E-state index in [2.05, 4.69) is 39.8 Å². The van der Waals surface area contributed by atoms with Crippen LogP contribution in [-0.2, 0) is 22.7 Å². The summed E-state index contributed by atoms with van der Waals surface area (Å²) in [5.74, 6) is -0.0969. The zero-order chi connectivity index (χ0) is 24.4. The summed E-state index contributed by atoms with van der Waals surface area (Å²) in [4.78, 5) is 47.7. The second kappa shape index (κ2) is 13.1. The van der Waals surface area contributed by atoms with Gasteiger partial charge >= 0.3 is 12.1 Å². The molecular weight excluding hydrogens is 464 g/mol. The van der Waals surface area contributed by atoms with Crippen LogP contribution >= 0.6 is 22.7 Å². The van der Waals surface area contributed by atoms with Gasteiger partial charge in [0.2, 0.25) is 5.91 Å². The molecule has 2 aromatic rings. The van der Waals surface area contributed by atoms with E-state index in [-0.39, 0.29) is 37.6 Å². The van der Waals surface area contributed by atoms with E-state index in [1.165, 1.54) is 16.2 Å². The fraction of sp³-hybridized carbons (Fsp3) is 0.571. The van der Waals surface area contributed by atoms with Gasteiger partial charge in [-0.15, -0.1) is 22.7 Å². The van der Waals surface area contributed by atoms with Crippen molar-refractivity contribution in [3.8, 4) is 0 Å². The molecule has 10 nitrogen and oxygen atoms in total. The average molecular weight is 497 g/mol. The SMILES string of the molecule is CC(C)c1nc(CN(C)C(=O)N[C@H](C(=O)NCCNC(=O)OCc2cncs2)C(C)C)cs1. The monoisotopic (exact) mass is 496 g/mol. The molecule has 2 rings (SSSR count). The van der Waals surface area contributed by atoms with Crippen LogP contribution in [0.4, 0.5) is 9.59 Å². The minimum atomic E-state index is -0.708. The number of carbonyl (C=O) groups excluding carboxylic acids is 3. The quantitative estimate of drug-likeness (QED) is 0.411. The van der Waals surface area contributed by atoms with Crippen molar-refractivity contribution in [2.75, 3.05) is 20.1 Å². The summed E-state index contributed by atoms with van der Waals surface area (Å²) in [5, 5.41) is 11.1. The van der Waals surface area contributed by atoms with Gasteiger partial charge in [-0.2, -0.15) is 0 Å². The van der Waals surface area contributed by atoms with Crippen LogP contribution in [0.25, 0.3) is 0 Å². The topological polar surface area (TPSA) is 126 Å². The van der Waals surface area contributed by atoms with Crippen LogP contribution in [0.15, 0.2) is 17.1 Å². The van der Waals surface area contributed by atoms with Gasteiger partial charge in [-0.3, -0.25) is 9.78 Å². The van der Waals surface area contributed by atoms with E-state index in [0.717, 1.165) is 15.6 Å². The first-order chi connectivity index (χ1) is 15.7. The zero-order valence-corrected chi connectivity index (χ0v) is 21.2. The standard InChI is InChI=1S/C21H32N6O4S2/c1-13(2)17(26-20(29)27(5)9-15-11-32-19(25-15)14(3)4)18(28)23-6-7-24-21(30)31-10-16-8-22-12-33-16/h8,11-14,17H,6-7,9-10H2,1-5H3,(H,23,28)(H,24,30)(H,26,29)/t17-/m0/s1. The lowest BCUT2D eigenvalue weighted by Gasteiger charge is -2.25. The highest BCUT2D eigenvalue weighted by molar-refractivity contribution is 7.09. The number of hydrogen-bond acceptors (Lipinski definition) is 8. The summed E-state index contributed by atoms with van der Waals surface area (Å²) in [5.41, 5.74) is 2.48. The van der Waals surface area contributed by atoms with E-state index in [4.69, 9.17) is 4.74 Å². The lowest BCUT2D eigenvalue weighted by Crippen LogP contribution is -2.53. The van der Waals surface area contributed by atoms with Crippen LogP contribution in [0.3, 0.4) is 0 Å². The van der Waals surface area contributed by atoms with E-state index < -0.39 is 12.1 Å². The summed E-state index contributed by atoms with van der Waals surface area (Å²) in [6.45, 7) is 8.78. The molecule has 0 aliphatic rings. The molecule has 2 heterocycles. The Balaban J connectivity index is 1.73. The first-order valence-electron chi connectivity index (χ1n) is 10.7. The van der Waals surface area contributed by atoms with Crippen molar-refractivity contribution < 1.29 is 19.1 Å². The zero-order valence-electron chi connectivity index (χ0n) is 19.6. The third-order valence-electron chi connectivity index (χ3n) is 4.56. The number of nitrogens with one attached hydrogen (secondary N) is 3. The summed E-state index contributed by atoms with van der Waals surface area (Å²) in [6, 6.07) is -1.06. The molecule has 182 valence electrons. The van der Waals surface area contributed by atoms with Crippen molar-refractivity contribution >= 4 is 40.7 Å². The van der Waals surface area contributed by atoms with Crippen LogP contribution < -0.4 is 16.0 Å². The van der Waals surface area contributed by atoms with E-state index in [1.54, 1.807) is 30.1 Å². The van der Waals surface area contributed by atoms with Gasteiger partial charge in [0.25, 0.3) is 0 Å². The Kier molecular flexibility index (Phi) is 10.5. The van der Waals surface area contributed by atoms with Crippen LogP contribution in [0.2, 0.25) is 0 Å². The van der Waals surface area contributed by atoms with Gasteiger partial charge in [-0.25, -0.2) is 14.6 Å². The highest BCUT2D eigenvalue weighted by Gasteiger charge is 2.25. The Labute approximate surface area is 202 Å². The summed E-state index contributed by atoms with van der Waals surface area (Å²) >= 11 is 2.97. The molecule has 0 unspecified atom stereocenters. The maximum atomic E-state index is 12.6. The number of ether oxygens (including phenoxy) is 1. The number of amides is 4. The molecule has 0 saturated heterocycles. The molecule has 33 heavy (non-hydrogen) atoms. The number of alkyl carbamates (subject to hydrolysis) is 1. The van der Waals surface area contributed by atoms with Gasteiger partial charge in [0, 0.05) is 37.6 Å². The smallest absolute Gasteiger partial charge is 0.407 e. The molecule has 0 saturated carbocycles. The molecule has 0 spiro atoms. The Bertz CT molecular complexity index is 900. The van der Waals surface area contributed by atoms with Gasteiger partial charge in [0.15, 0.2) is 0 Å². The minimum absolute atomic E-state index is 0.119. The second-order valence-electron chi connectivity index (χ2n) is 8.12. The van der Waals surface area contributed by atoms with Gasteiger partial charge in [-0.1, -0.05) is 27.7 Å². The number of carbonyl (C=O) groups is 3. The predicted octanol–water partition coefficient (Wildman–Crippen LogP) is 2.93. The summed E-state index contributed by atoms with van der Waals surface area (Å²) in [6.07, 6.45) is 1.06. The van der Waals surface area contributed by atoms with Crippen molar-refractivity contribution in [3.63, 3.8) is 0 Å². The van der Waals surface area contributed by atoms with Crippen LogP contribution in [-0.4, -0.2) is 59.1 Å². The third-order valence-corrected chi connectivity index (χ3v) is 6.51. The van der Waals surface area contributed by atoms with Gasteiger partial charge in [-0.05, 0) is 5.92 Å². The highest BCUT2D eigenvalue weighted by Crippen LogP contribution is 2.19. The molecule has 1 atom stereocenters. The fourth-order valence-corrected chi connectivity index (χ4v) is 4.05. The average Bonchev–Trinajstić information content (AvgIpc) is 3.45. The first-order valence-corrected chi connectivity index (χ1v) is 12.4. The molecule has 12 heteroatoms. The Hall–Kier alpha value is -2.73. The van der Waals surface area contributed by atoms with Gasteiger partial charge in [0.1, 0.15) is 12.6 Å². The highest BCUT2D eigenvalue weighted by atomic mass is 32.1. The minimum Gasteiger partial charge on any atom is -0.444 e. The maximum absolute atomic E-state index is 12.6. The molecule has 0 bridgehead atoms. The number of aromatic nitrogens is 2. The molecule has 4 amide bonds. The first kappa shape index (κ1) is 26.5. The number of hydrogen-bond donors (Lipinski definition) is 3. The predicted molar refractivity (Wildman–Crippen MR) is 128 cm³/mol. The summed E-state index contributed by atoms with van der Waals surface area (Å²) in [7, 11) is 1.67. The fourth-order valence-electron chi connectivity index (χ4n) is 2.71. The van der Waals surface area contributed by atoms with Crippen molar-refractivity contribution in [1.82, 2.24) is 30.8 Å². The van der Waals surface area contributed by atoms with Crippen molar-refractivity contribution in [2.24, 2.45) is 5.92 Å². The molecule has 0 aliphatic carbocycles. The molecule has 0 aromatic carbocycles. The molecule has 0 radical (unpaired) electrons. The largest absolute Gasteiger partial charge is 0.444 e. The van der Waals surface area contributed by atoms with E-state index in [1.807, 2.05) is 19.2 Å². The third kappa shape index (κ3) is 8.97. The van der Waals surface area contributed by atoms with Gasteiger partial charge < -0.3 is 25.6 Å². The summed E-state index contributed by atoms with van der Waals surface area (Å²) < 4.78 is 5.06. The number of nitrogens with zero attached hydrogens (tertiary/aromatic N) is 3. The Morgan fingerprint density at radius 1 is 1.12 bits per heavy atom. The lowest BCUT2D eigenvalue weighted by atomic mass is 10.0. The Morgan fingerprint density at radius 3 is 2.45 bits per heavy atom. The molecule has 2 aromatic heterocycles. The number of urea groups is 1. The number of rotatable bonds is 11. The molecule has 0 fully saturated rings. The second-order valence-corrected chi connectivity index (χ2v) is 9.98. The Morgan fingerprint density at radius 2 is 1.85 bits per heavy atom. The molecule has 3 N–H and O–H groups in total. The van der Waals surface area contributed by atoms with Crippen LogP contribution in [0.1, 0.15) is 49.2 Å². The van der Waals surface area contributed by atoms with Crippen LogP contribution in [0, 0.1) is 5.92 Å².